The van der Waals surface area contributed by atoms with E-state index >= 15 is 0 Å². The molecule has 5 nitrogen and oxygen atoms in total. The molecule has 2 aromatic carbocycles. The summed E-state index contributed by atoms with van der Waals surface area (Å²) in [5.41, 5.74) is 6.34. The van der Waals surface area contributed by atoms with Crippen LogP contribution in [0.2, 0.25) is 0 Å². The molecule has 0 fully saturated rings. The summed E-state index contributed by atoms with van der Waals surface area (Å²) in [4.78, 5) is 21.8. The van der Waals surface area contributed by atoms with Crippen molar-refractivity contribution in [2.45, 2.75) is 20.3 Å². The number of carbonyl (C=O) groups excluding carboxylic acids is 1. The lowest BCUT2D eigenvalue weighted by Crippen LogP contribution is -2.04. The van der Waals surface area contributed by atoms with E-state index in [9.17, 15) is 4.79 Å². The largest absolute Gasteiger partial charge is 0.456 e. The van der Waals surface area contributed by atoms with Crippen molar-refractivity contribution in [3.8, 4) is 22.8 Å². The van der Waals surface area contributed by atoms with Gasteiger partial charge in [0.15, 0.2) is 5.78 Å². The average molecular weight is 448 g/mol. The molecule has 0 unspecified atom stereocenters. The van der Waals surface area contributed by atoms with Gasteiger partial charge < -0.3 is 9.30 Å². The predicted octanol–water partition coefficient (Wildman–Crippen LogP) is 6.47. The molecule has 3 aromatic heterocycles. The number of pyridine rings is 2. The van der Waals surface area contributed by atoms with Crippen molar-refractivity contribution < 1.29 is 9.53 Å². The second-order valence-corrected chi connectivity index (χ2v) is 8.58. The lowest BCUT2D eigenvalue weighted by molar-refractivity contribution is 0.0993. The first-order valence-electron chi connectivity index (χ1n) is 11.2. The molecule has 0 saturated heterocycles. The van der Waals surface area contributed by atoms with Crippen molar-refractivity contribution >= 4 is 16.8 Å². The molecule has 0 aliphatic heterocycles. The second-order valence-electron chi connectivity index (χ2n) is 8.58. The number of benzene rings is 2. The van der Waals surface area contributed by atoms with Crippen molar-refractivity contribution in [1.29, 1.82) is 0 Å². The summed E-state index contributed by atoms with van der Waals surface area (Å²) in [5, 5.41) is 0.931. The third-order valence-electron chi connectivity index (χ3n) is 5.95. The average Bonchev–Trinajstić information content (AvgIpc) is 3.22. The van der Waals surface area contributed by atoms with Crippen molar-refractivity contribution in [3.05, 3.63) is 108 Å². The molecule has 0 aliphatic carbocycles. The van der Waals surface area contributed by atoms with E-state index < -0.39 is 0 Å². The maximum absolute atomic E-state index is 12.8. The standard InChI is InChI=1S/C29H25N3O2/c1-19-5-4-6-23(15-19)26(33)16-21-8-7-20(2)27(17-21)34-28-18-25(22-9-12-30-13-10-22)31-29-24(28)11-14-32(29)3/h4-15,17-18H,16H2,1-3H3. The van der Waals surface area contributed by atoms with Gasteiger partial charge in [0.2, 0.25) is 0 Å². The minimum Gasteiger partial charge on any atom is -0.456 e. The molecule has 0 spiro atoms. The number of aryl methyl sites for hydroxylation is 3. The molecule has 0 radical (unpaired) electrons. The number of carbonyl (C=O) groups is 1. The Balaban J connectivity index is 1.50. The zero-order valence-electron chi connectivity index (χ0n) is 19.4. The molecule has 3 heterocycles. The molecule has 0 saturated carbocycles. The molecule has 0 N–H and O–H groups in total. The Labute approximate surface area is 198 Å². The lowest BCUT2D eigenvalue weighted by atomic mass is 10.0. The maximum Gasteiger partial charge on any atom is 0.167 e. The van der Waals surface area contributed by atoms with Crippen LogP contribution in [0.5, 0.6) is 11.5 Å². The number of ketones is 1. The molecule has 0 bridgehead atoms. The van der Waals surface area contributed by atoms with Crippen molar-refractivity contribution in [2.24, 2.45) is 7.05 Å². The highest BCUT2D eigenvalue weighted by molar-refractivity contribution is 5.97. The highest BCUT2D eigenvalue weighted by Crippen LogP contribution is 2.35. The van der Waals surface area contributed by atoms with Crippen LogP contribution >= 0.6 is 0 Å². The number of aromatic nitrogens is 3. The Morgan fingerprint density at radius 3 is 2.56 bits per heavy atom. The Kier molecular flexibility index (Phi) is 5.68. The smallest absolute Gasteiger partial charge is 0.167 e. The van der Waals surface area contributed by atoms with Gasteiger partial charge >= 0.3 is 0 Å². The zero-order chi connectivity index (χ0) is 23.7. The maximum atomic E-state index is 12.8. The Morgan fingerprint density at radius 2 is 1.76 bits per heavy atom. The van der Waals surface area contributed by atoms with Crippen LogP contribution in [0.25, 0.3) is 22.3 Å². The first-order valence-corrected chi connectivity index (χ1v) is 11.2. The van der Waals surface area contributed by atoms with Gasteiger partial charge in [-0.05, 0) is 55.3 Å². The highest BCUT2D eigenvalue weighted by Gasteiger charge is 2.14. The van der Waals surface area contributed by atoms with Gasteiger partial charge in [0.25, 0.3) is 0 Å². The second kappa shape index (κ2) is 8.94. The van der Waals surface area contributed by atoms with Gasteiger partial charge in [-0.2, -0.15) is 0 Å². The van der Waals surface area contributed by atoms with Crippen LogP contribution in [0, 0.1) is 13.8 Å². The molecule has 0 aliphatic rings. The molecule has 34 heavy (non-hydrogen) atoms. The fraction of sp³-hybridized carbons (Fsp3) is 0.138. The number of hydrogen-bond acceptors (Lipinski definition) is 4. The summed E-state index contributed by atoms with van der Waals surface area (Å²) >= 11 is 0. The number of rotatable bonds is 6. The number of fused-ring (bicyclic) bond motifs is 1. The van der Waals surface area contributed by atoms with Crippen molar-refractivity contribution in [3.63, 3.8) is 0 Å². The molecule has 168 valence electrons. The summed E-state index contributed by atoms with van der Waals surface area (Å²) in [6.07, 6.45) is 5.81. The summed E-state index contributed by atoms with van der Waals surface area (Å²) in [5.74, 6) is 1.54. The van der Waals surface area contributed by atoms with Gasteiger partial charge in [0.05, 0.1) is 11.1 Å². The summed E-state index contributed by atoms with van der Waals surface area (Å²) in [6, 6.07) is 21.5. The van der Waals surface area contributed by atoms with Crippen LogP contribution in [0.4, 0.5) is 0 Å². The van der Waals surface area contributed by atoms with E-state index in [0.29, 0.717) is 6.42 Å². The van der Waals surface area contributed by atoms with Gasteiger partial charge in [-0.1, -0.05) is 35.9 Å². The van der Waals surface area contributed by atoms with Crippen molar-refractivity contribution in [1.82, 2.24) is 14.5 Å². The molecule has 0 amide bonds. The van der Waals surface area contributed by atoms with Crippen molar-refractivity contribution in [2.75, 3.05) is 0 Å². The van der Waals surface area contributed by atoms with Gasteiger partial charge in [0.1, 0.15) is 17.1 Å². The van der Waals surface area contributed by atoms with Crippen LogP contribution in [0.15, 0.2) is 85.3 Å². The lowest BCUT2D eigenvalue weighted by Gasteiger charge is -2.13. The molecule has 5 rings (SSSR count). The molecular formula is C29H25N3O2. The molecule has 0 atom stereocenters. The normalized spacial score (nSPS) is 11.0. The van der Waals surface area contributed by atoms with Gasteiger partial charge in [-0.25, -0.2) is 4.98 Å². The van der Waals surface area contributed by atoms with Gasteiger partial charge in [-0.3, -0.25) is 9.78 Å². The minimum atomic E-state index is 0.0906. The van der Waals surface area contributed by atoms with Crippen LogP contribution in [0.3, 0.4) is 0 Å². The van der Waals surface area contributed by atoms with E-state index in [2.05, 4.69) is 4.98 Å². The van der Waals surface area contributed by atoms with E-state index in [4.69, 9.17) is 9.72 Å². The minimum absolute atomic E-state index is 0.0906. The summed E-state index contributed by atoms with van der Waals surface area (Å²) < 4.78 is 8.45. The van der Waals surface area contributed by atoms with Crippen LogP contribution in [-0.4, -0.2) is 20.3 Å². The van der Waals surface area contributed by atoms with E-state index in [0.717, 1.165) is 56.0 Å². The predicted molar refractivity (Wildman–Crippen MR) is 134 cm³/mol. The van der Waals surface area contributed by atoms with E-state index in [1.54, 1.807) is 12.4 Å². The van der Waals surface area contributed by atoms with E-state index in [1.165, 1.54) is 0 Å². The van der Waals surface area contributed by atoms with E-state index in [1.807, 2.05) is 98.4 Å². The third-order valence-corrected chi connectivity index (χ3v) is 5.95. The Morgan fingerprint density at radius 1 is 0.941 bits per heavy atom. The van der Waals surface area contributed by atoms with Crippen LogP contribution in [-0.2, 0) is 13.5 Å². The van der Waals surface area contributed by atoms with Crippen LogP contribution < -0.4 is 4.74 Å². The molecule has 5 aromatic rings. The fourth-order valence-electron chi connectivity index (χ4n) is 4.05. The number of ether oxygens (including phenoxy) is 1. The van der Waals surface area contributed by atoms with Crippen LogP contribution in [0.1, 0.15) is 27.0 Å². The fourth-order valence-corrected chi connectivity index (χ4v) is 4.05. The van der Waals surface area contributed by atoms with Gasteiger partial charge in [-0.15, -0.1) is 0 Å². The summed E-state index contributed by atoms with van der Waals surface area (Å²) in [6.45, 7) is 4.00. The third kappa shape index (κ3) is 4.33. The zero-order valence-corrected chi connectivity index (χ0v) is 19.4. The number of Topliss-reactive ketones (excluding diaryl/α,β-unsaturated/α-hetero) is 1. The topological polar surface area (TPSA) is 57.0 Å². The summed E-state index contributed by atoms with van der Waals surface area (Å²) in [7, 11) is 1.97. The molecular weight excluding hydrogens is 422 g/mol. The quantitative estimate of drug-likeness (QED) is 0.280. The number of hydrogen-bond donors (Lipinski definition) is 0. The first kappa shape index (κ1) is 21.6. The Hall–Kier alpha value is -4.25. The first-order chi connectivity index (χ1) is 16.5. The van der Waals surface area contributed by atoms with E-state index in [-0.39, 0.29) is 5.78 Å². The highest BCUT2D eigenvalue weighted by atomic mass is 16.5. The SMILES string of the molecule is Cc1cccc(C(=O)Cc2ccc(C)c(Oc3cc(-c4ccncc4)nc4c3ccn4C)c2)c1. The Bertz CT molecular complexity index is 1500. The molecule has 5 heteroatoms. The number of nitrogens with zero attached hydrogens (tertiary/aromatic N) is 3. The van der Waals surface area contributed by atoms with Gasteiger partial charge in [0, 0.05) is 49.3 Å². The monoisotopic (exact) mass is 447 g/mol.